The molecule has 0 aliphatic heterocycles. The first-order valence-electron chi connectivity index (χ1n) is 4.79. The van der Waals surface area contributed by atoms with Gasteiger partial charge in [0.15, 0.2) is 9.68 Å². The Bertz CT molecular complexity index is 87.1. The summed E-state index contributed by atoms with van der Waals surface area (Å²) in [4.78, 5) is 3.39. The van der Waals surface area contributed by atoms with Gasteiger partial charge in [-0.3, -0.25) is 0 Å². The number of rotatable bonds is 8. The summed E-state index contributed by atoms with van der Waals surface area (Å²) in [6.07, 6.45) is 1.18. The lowest BCUT2D eigenvalue weighted by Gasteiger charge is -2.16. The molecule has 0 heterocycles. The van der Waals surface area contributed by atoms with Crippen LogP contribution in [0.1, 0.15) is 27.2 Å². The van der Waals surface area contributed by atoms with Crippen LogP contribution >= 0.6 is 0 Å². The summed E-state index contributed by atoms with van der Waals surface area (Å²) in [5.74, 6) is 0.0616. The highest BCUT2D eigenvalue weighted by Gasteiger charge is 2.06. The van der Waals surface area contributed by atoms with E-state index in [0.717, 1.165) is 19.8 Å². The SMILES string of the molecule is CCCN[SiH2]C(OCC)OCC. The zero-order valence-electron chi connectivity index (χ0n) is 8.43. The normalized spacial score (nSPS) is 12.0. The second-order valence-electron chi connectivity index (χ2n) is 2.54. The molecule has 74 valence electrons. The van der Waals surface area contributed by atoms with Gasteiger partial charge in [-0.25, -0.2) is 0 Å². The van der Waals surface area contributed by atoms with Crippen molar-refractivity contribution in [1.29, 1.82) is 0 Å². The minimum Gasteiger partial charge on any atom is -0.356 e. The van der Waals surface area contributed by atoms with E-state index >= 15 is 0 Å². The van der Waals surface area contributed by atoms with Gasteiger partial charge in [0.2, 0.25) is 0 Å². The second-order valence-corrected chi connectivity index (χ2v) is 4.12. The molecule has 0 aliphatic carbocycles. The maximum Gasteiger partial charge on any atom is 0.159 e. The van der Waals surface area contributed by atoms with E-state index in [2.05, 4.69) is 11.9 Å². The lowest BCUT2D eigenvalue weighted by Crippen LogP contribution is -2.35. The van der Waals surface area contributed by atoms with Crippen LogP contribution in [0.25, 0.3) is 0 Å². The smallest absolute Gasteiger partial charge is 0.159 e. The third kappa shape index (κ3) is 6.79. The van der Waals surface area contributed by atoms with Crippen molar-refractivity contribution >= 4 is 9.68 Å². The molecule has 0 aromatic carbocycles. The summed E-state index contributed by atoms with van der Waals surface area (Å²) < 4.78 is 10.8. The van der Waals surface area contributed by atoms with Crippen LogP contribution in [0.5, 0.6) is 0 Å². The molecule has 0 aliphatic rings. The second kappa shape index (κ2) is 9.19. The van der Waals surface area contributed by atoms with Gasteiger partial charge in [0.05, 0.1) is 0 Å². The average molecular weight is 191 g/mol. The molecule has 3 nitrogen and oxygen atoms in total. The van der Waals surface area contributed by atoms with Crippen LogP contribution in [0.4, 0.5) is 0 Å². The average Bonchev–Trinajstić information content (AvgIpc) is 2.06. The summed E-state index contributed by atoms with van der Waals surface area (Å²) in [5, 5.41) is 0. The molecule has 0 rings (SSSR count). The van der Waals surface area contributed by atoms with E-state index in [1.807, 2.05) is 13.8 Å². The lowest BCUT2D eigenvalue weighted by molar-refractivity contribution is -0.0835. The zero-order chi connectivity index (χ0) is 9.23. The summed E-state index contributed by atoms with van der Waals surface area (Å²) in [6.45, 7) is 8.73. The molecule has 0 aromatic heterocycles. The molecule has 0 amide bonds. The summed E-state index contributed by atoms with van der Waals surface area (Å²) in [7, 11) is -0.402. The van der Waals surface area contributed by atoms with Crippen LogP contribution < -0.4 is 4.98 Å². The summed E-state index contributed by atoms with van der Waals surface area (Å²) in [5.41, 5.74) is 0. The molecular weight excluding hydrogens is 170 g/mol. The Balaban J connectivity index is 3.34. The first kappa shape index (κ1) is 12.1. The van der Waals surface area contributed by atoms with Gasteiger partial charge in [0, 0.05) is 13.2 Å². The van der Waals surface area contributed by atoms with Crippen molar-refractivity contribution in [3.63, 3.8) is 0 Å². The van der Waals surface area contributed by atoms with E-state index in [-0.39, 0.29) is 5.91 Å². The van der Waals surface area contributed by atoms with E-state index in [1.165, 1.54) is 6.42 Å². The minimum atomic E-state index is -0.402. The van der Waals surface area contributed by atoms with Crippen LogP contribution in [0.2, 0.25) is 0 Å². The molecule has 0 fully saturated rings. The largest absolute Gasteiger partial charge is 0.356 e. The lowest BCUT2D eigenvalue weighted by atomic mass is 10.5. The number of hydrogen-bond acceptors (Lipinski definition) is 3. The predicted octanol–water partition coefficient (Wildman–Crippen LogP) is 0.426. The highest BCUT2D eigenvalue weighted by atomic mass is 28.2. The third-order valence-corrected chi connectivity index (χ3v) is 2.89. The topological polar surface area (TPSA) is 30.5 Å². The molecule has 0 bridgehead atoms. The standard InChI is InChI=1S/C8H21NO2Si/c1-4-7-9-12-8(10-5-2)11-6-3/h8-9H,4-7,12H2,1-3H3. The predicted molar refractivity (Wildman–Crippen MR) is 53.9 cm³/mol. The van der Waals surface area contributed by atoms with E-state index in [1.54, 1.807) is 0 Å². The molecule has 0 spiro atoms. The van der Waals surface area contributed by atoms with Crippen molar-refractivity contribution in [2.24, 2.45) is 0 Å². The molecular formula is C8H21NO2Si. The maximum absolute atomic E-state index is 5.41. The van der Waals surface area contributed by atoms with Crippen molar-refractivity contribution in [1.82, 2.24) is 4.98 Å². The van der Waals surface area contributed by atoms with Crippen molar-refractivity contribution in [2.75, 3.05) is 19.8 Å². The molecule has 0 saturated carbocycles. The molecule has 0 unspecified atom stereocenters. The first-order chi connectivity index (χ1) is 5.85. The molecule has 0 radical (unpaired) electrons. The molecule has 0 aromatic rings. The summed E-state index contributed by atoms with van der Waals surface area (Å²) >= 11 is 0. The van der Waals surface area contributed by atoms with E-state index in [0.29, 0.717) is 0 Å². The number of ether oxygens (including phenoxy) is 2. The fraction of sp³-hybridized carbons (Fsp3) is 1.00. The van der Waals surface area contributed by atoms with Gasteiger partial charge in [-0.2, -0.15) is 0 Å². The van der Waals surface area contributed by atoms with Crippen molar-refractivity contribution in [3.8, 4) is 0 Å². The zero-order valence-corrected chi connectivity index (χ0v) is 9.84. The number of hydrogen-bond donors (Lipinski definition) is 1. The van der Waals surface area contributed by atoms with Gasteiger partial charge in [-0.15, -0.1) is 0 Å². The minimum absolute atomic E-state index is 0.0616. The van der Waals surface area contributed by atoms with Gasteiger partial charge in [-0.05, 0) is 26.8 Å². The number of nitrogens with one attached hydrogen (secondary N) is 1. The highest BCUT2D eigenvalue weighted by molar-refractivity contribution is 6.33. The Morgan fingerprint density at radius 2 is 1.75 bits per heavy atom. The van der Waals surface area contributed by atoms with Gasteiger partial charge in [0.25, 0.3) is 0 Å². The molecule has 4 heteroatoms. The van der Waals surface area contributed by atoms with Crippen LogP contribution in [-0.4, -0.2) is 35.4 Å². The molecule has 12 heavy (non-hydrogen) atoms. The van der Waals surface area contributed by atoms with Crippen LogP contribution in [0.3, 0.4) is 0 Å². The van der Waals surface area contributed by atoms with Crippen molar-refractivity contribution in [2.45, 2.75) is 33.1 Å². The third-order valence-electron chi connectivity index (χ3n) is 1.44. The Hall–Kier alpha value is 0.0969. The van der Waals surface area contributed by atoms with Crippen LogP contribution in [-0.2, 0) is 9.47 Å². The van der Waals surface area contributed by atoms with Crippen LogP contribution in [0.15, 0.2) is 0 Å². The van der Waals surface area contributed by atoms with Gasteiger partial charge < -0.3 is 14.5 Å². The Kier molecular flexibility index (Phi) is 9.26. The van der Waals surface area contributed by atoms with Gasteiger partial charge >= 0.3 is 0 Å². The van der Waals surface area contributed by atoms with Crippen molar-refractivity contribution in [3.05, 3.63) is 0 Å². The first-order valence-corrected chi connectivity index (χ1v) is 6.31. The van der Waals surface area contributed by atoms with Crippen LogP contribution in [0, 0.1) is 0 Å². The fourth-order valence-electron chi connectivity index (χ4n) is 0.934. The van der Waals surface area contributed by atoms with E-state index in [9.17, 15) is 0 Å². The Labute approximate surface area is 77.7 Å². The molecule has 0 atom stereocenters. The van der Waals surface area contributed by atoms with Gasteiger partial charge in [0.1, 0.15) is 5.91 Å². The van der Waals surface area contributed by atoms with Gasteiger partial charge in [-0.1, -0.05) is 6.92 Å². The maximum atomic E-state index is 5.41. The quantitative estimate of drug-likeness (QED) is 0.343. The van der Waals surface area contributed by atoms with E-state index < -0.39 is 9.68 Å². The van der Waals surface area contributed by atoms with Crippen molar-refractivity contribution < 1.29 is 9.47 Å². The summed E-state index contributed by atoms with van der Waals surface area (Å²) in [6, 6.07) is 0. The van der Waals surface area contributed by atoms with E-state index in [4.69, 9.17) is 9.47 Å². The fourth-order valence-corrected chi connectivity index (χ4v) is 2.43. The molecule has 0 saturated heterocycles. The molecule has 1 N–H and O–H groups in total. The monoisotopic (exact) mass is 191 g/mol. The Morgan fingerprint density at radius 3 is 2.17 bits per heavy atom. The highest BCUT2D eigenvalue weighted by Crippen LogP contribution is 1.90. The Morgan fingerprint density at radius 1 is 1.17 bits per heavy atom.